The molecule has 15 heavy (non-hydrogen) atoms. The Labute approximate surface area is 106 Å². The lowest BCUT2D eigenvalue weighted by molar-refractivity contribution is 0.610. The fourth-order valence-electron chi connectivity index (χ4n) is 1.45. The maximum absolute atomic E-state index is 11.3. The van der Waals surface area contributed by atoms with Gasteiger partial charge in [-0.1, -0.05) is 24.3 Å². The molecule has 0 saturated carbocycles. The van der Waals surface area contributed by atoms with Crippen LogP contribution in [-0.4, -0.2) is 8.42 Å². The Balaban J connectivity index is 2.96. The second-order valence-electron chi connectivity index (χ2n) is 3.03. The normalized spacial score (nSPS) is 11.9. The van der Waals surface area contributed by atoms with Gasteiger partial charge in [0.1, 0.15) is 0 Å². The van der Waals surface area contributed by atoms with E-state index in [0.717, 1.165) is 8.96 Å². The van der Waals surface area contributed by atoms with Crippen molar-refractivity contribution in [2.75, 3.05) is 0 Å². The van der Waals surface area contributed by atoms with Crippen molar-refractivity contribution in [2.24, 2.45) is 0 Å². The summed E-state index contributed by atoms with van der Waals surface area (Å²) >= 11 is 2.17. The minimum Gasteiger partial charge on any atom is -0.207 e. The predicted octanol–water partition coefficient (Wildman–Crippen LogP) is 3.37. The molecule has 0 heterocycles. The van der Waals surface area contributed by atoms with E-state index >= 15 is 0 Å². The Morgan fingerprint density at radius 1 is 1.00 bits per heavy atom. The molecule has 0 bridgehead atoms. The third-order valence-corrected chi connectivity index (χ3v) is 4.41. The average Bonchev–Trinajstić information content (AvgIpc) is 2.17. The molecule has 5 heteroatoms. The minimum absolute atomic E-state index is 0.167. The quantitative estimate of drug-likeness (QED) is 0.582. The topological polar surface area (TPSA) is 34.1 Å². The fourth-order valence-corrected chi connectivity index (χ4v) is 3.17. The van der Waals surface area contributed by atoms with Gasteiger partial charge in [0.25, 0.3) is 9.05 Å². The van der Waals surface area contributed by atoms with Gasteiger partial charge in [-0.15, -0.1) is 0 Å². The van der Waals surface area contributed by atoms with Crippen LogP contribution >= 0.6 is 33.3 Å². The molecule has 2 aromatic rings. The molecule has 2 rings (SSSR count). The standard InChI is InChI=1S/C10H6ClIO2S/c11-15(13,14)10-6-5-9(12)7-3-1-2-4-8(7)10/h1-6H. The molecule has 0 aromatic heterocycles. The fraction of sp³-hybridized carbons (Fsp3) is 0. The summed E-state index contributed by atoms with van der Waals surface area (Å²) in [6, 6.07) is 10.6. The van der Waals surface area contributed by atoms with Crippen LogP contribution in [0, 0.1) is 3.57 Å². The van der Waals surface area contributed by atoms with Crippen LogP contribution in [0.1, 0.15) is 0 Å². The molecular formula is C10H6ClIO2S. The van der Waals surface area contributed by atoms with E-state index in [1.807, 2.05) is 12.1 Å². The molecule has 0 radical (unpaired) electrons. The zero-order valence-corrected chi connectivity index (χ0v) is 11.2. The summed E-state index contributed by atoms with van der Waals surface area (Å²) in [7, 11) is 1.68. The molecule has 78 valence electrons. The molecule has 2 nitrogen and oxygen atoms in total. The molecule has 0 fully saturated rings. The average molecular weight is 353 g/mol. The Morgan fingerprint density at radius 3 is 2.20 bits per heavy atom. The minimum atomic E-state index is -3.68. The number of rotatable bonds is 1. The van der Waals surface area contributed by atoms with Crippen molar-refractivity contribution >= 4 is 53.1 Å². The second kappa shape index (κ2) is 3.92. The Kier molecular flexibility index (Phi) is 2.92. The predicted molar refractivity (Wildman–Crippen MR) is 69.7 cm³/mol. The van der Waals surface area contributed by atoms with Gasteiger partial charge in [-0.05, 0) is 40.1 Å². The first kappa shape index (κ1) is 11.2. The Hall–Kier alpha value is -0.330. The first-order chi connectivity index (χ1) is 7.00. The monoisotopic (exact) mass is 352 g/mol. The summed E-state index contributed by atoms with van der Waals surface area (Å²) in [6.45, 7) is 0. The van der Waals surface area contributed by atoms with Crippen molar-refractivity contribution in [3.8, 4) is 0 Å². The largest absolute Gasteiger partial charge is 0.261 e. The van der Waals surface area contributed by atoms with Crippen molar-refractivity contribution in [1.29, 1.82) is 0 Å². The van der Waals surface area contributed by atoms with E-state index in [9.17, 15) is 8.42 Å². The summed E-state index contributed by atoms with van der Waals surface area (Å²) in [4.78, 5) is 0.167. The zero-order chi connectivity index (χ0) is 11.1. The van der Waals surface area contributed by atoms with Gasteiger partial charge in [-0.25, -0.2) is 8.42 Å². The van der Waals surface area contributed by atoms with Crippen LogP contribution in [0.15, 0.2) is 41.3 Å². The van der Waals surface area contributed by atoms with E-state index in [4.69, 9.17) is 10.7 Å². The van der Waals surface area contributed by atoms with E-state index in [0.29, 0.717) is 5.39 Å². The maximum Gasteiger partial charge on any atom is 0.261 e. The molecule has 0 aliphatic heterocycles. The van der Waals surface area contributed by atoms with Gasteiger partial charge in [0.2, 0.25) is 0 Å². The van der Waals surface area contributed by atoms with Crippen LogP contribution in [0.25, 0.3) is 10.8 Å². The lowest BCUT2D eigenvalue weighted by Crippen LogP contribution is -1.93. The van der Waals surface area contributed by atoms with Gasteiger partial charge in [-0.3, -0.25) is 0 Å². The van der Waals surface area contributed by atoms with Crippen molar-refractivity contribution in [3.05, 3.63) is 40.0 Å². The molecule has 0 amide bonds. The molecule has 2 aromatic carbocycles. The van der Waals surface area contributed by atoms with Crippen LogP contribution in [0.4, 0.5) is 0 Å². The zero-order valence-electron chi connectivity index (χ0n) is 7.44. The van der Waals surface area contributed by atoms with Crippen LogP contribution in [-0.2, 0) is 9.05 Å². The van der Waals surface area contributed by atoms with Gasteiger partial charge < -0.3 is 0 Å². The smallest absolute Gasteiger partial charge is 0.207 e. The van der Waals surface area contributed by atoms with E-state index in [2.05, 4.69) is 22.6 Å². The lowest BCUT2D eigenvalue weighted by atomic mass is 10.1. The van der Waals surface area contributed by atoms with E-state index in [1.165, 1.54) is 6.07 Å². The number of hydrogen-bond donors (Lipinski definition) is 0. The highest BCUT2D eigenvalue weighted by Gasteiger charge is 2.14. The van der Waals surface area contributed by atoms with Crippen LogP contribution in [0.2, 0.25) is 0 Å². The summed E-state index contributed by atoms with van der Waals surface area (Å²) in [5, 5.41) is 1.57. The molecule has 0 saturated heterocycles. The Bertz CT molecular complexity index is 622. The van der Waals surface area contributed by atoms with Crippen LogP contribution in [0.5, 0.6) is 0 Å². The summed E-state index contributed by atoms with van der Waals surface area (Å²) in [5.74, 6) is 0. The maximum atomic E-state index is 11.3. The third-order valence-electron chi connectivity index (χ3n) is 2.09. The first-order valence-electron chi connectivity index (χ1n) is 4.12. The summed E-state index contributed by atoms with van der Waals surface area (Å²) in [5.41, 5.74) is 0. The SMILES string of the molecule is O=S(=O)(Cl)c1ccc(I)c2ccccc12. The van der Waals surface area contributed by atoms with Crippen molar-refractivity contribution in [1.82, 2.24) is 0 Å². The van der Waals surface area contributed by atoms with Crippen LogP contribution < -0.4 is 0 Å². The Morgan fingerprint density at radius 2 is 1.60 bits per heavy atom. The van der Waals surface area contributed by atoms with Crippen LogP contribution in [0.3, 0.4) is 0 Å². The van der Waals surface area contributed by atoms with Gasteiger partial charge in [0, 0.05) is 19.6 Å². The molecule has 0 atom stereocenters. The van der Waals surface area contributed by atoms with E-state index in [1.54, 1.807) is 18.2 Å². The highest BCUT2D eigenvalue weighted by atomic mass is 127. The van der Waals surface area contributed by atoms with Gasteiger partial charge >= 0.3 is 0 Å². The number of halogens is 2. The van der Waals surface area contributed by atoms with Crippen molar-refractivity contribution < 1.29 is 8.42 Å². The summed E-state index contributed by atoms with van der Waals surface area (Å²) < 4.78 is 23.6. The lowest BCUT2D eigenvalue weighted by Gasteiger charge is -2.04. The second-order valence-corrected chi connectivity index (χ2v) is 6.73. The molecule has 0 aliphatic rings. The molecule has 0 spiro atoms. The van der Waals surface area contributed by atoms with E-state index in [-0.39, 0.29) is 4.90 Å². The van der Waals surface area contributed by atoms with E-state index < -0.39 is 9.05 Å². The highest BCUT2D eigenvalue weighted by Crippen LogP contribution is 2.28. The molecule has 0 aliphatic carbocycles. The molecular weight excluding hydrogens is 347 g/mol. The first-order valence-corrected chi connectivity index (χ1v) is 7.51. The van der Waals surface area contributed by atoms with Gasteiger partial charge in [0.15, 0.2) is 0 Å². The van der Waals surface area contributed by atoms with Crippen molar-refractivity contribution in [3.63, 3.8) is 0 Å². The number of fused-ring (bicyclic) bond motifs is 1. The molecule has 0 unspecified atom stereocenters. The van der Waals surface area contributed by atoms with Gasteiger partial charge in [0.05, 0.1) is 4.90 Å². The third kappa shape index (κ3) is 2.11. The number of hydrogen-bond acceptors (Lipinski definition) is 2. The summed E-state index contributed by atoms with van der Waals surface area (Å²) in [6.07, 6.45) is 0. The molecule has 0 N–H and O–H groups in total. The van der Waals surface area contributed by atoms with Crippen molar-refractivity contribution in [2.45, 2.75) is 4.90 Å². The van der Waals surface area contributed by atoms with Gasteiger partial charge in [-0.2, -0.15) is 0 Å². The number of benzene rings is 2. The highest BCUT2D eigenvalue weighted by molar-refractivity contribution is 14.1.